The summed E-state index contributed by atoms with van der Waals surface area (Å²) >= 11 is 0. The molecule has 0 aromatic heterocycles. The molecule has 0 heterocycles. The Bertz CT molecular complexity index is 1310. The van der Waals surface area contributed by atoms with Gasteiger partial charge in [0.1, 0.15) is 0 Å². The second-order valence-electron chi connectivity index (χ2n) is 12.8. The first kappa shape index (κ1) is 59.0. The minimum atomic E-state index is -8.98. The van der Waals surface area contributed by atoms with E-state index in [2.05, 4.69) is 13.3 Å². The Hall–Kier alpha value is -2.00. The summed E-state index contributed by atoms with van der Waals surface area (Å²) in [5, 5.41) is 0. The average Bonchev–Trinajstić information content (AvgIpc) is 3.06. The molecule has 0 aliphatic carbocycles. The molecule has 0 radical (unpaired) electrons. The molecule has 0 amide bonds. The van der Waals surface area contributed by atoms with Crippen LogP contribution in [0, 0.1) is 0 Å². The van der Waals surface area contributed by atoms with Crippen LogP contribution in [0.1, 0.15) is 57.8 Å². The summed E-state index contributed by atoms with van der Waals surface area (Å²) in [6, 6.07) is 0. The van der Waals surface area contributed by atoms with E-state index in [0.717, 1.165) is 0 Å². The Balaban J connectivity index is 8.04. The van der Waals surface area contributed by atoms with Crippen LogP contribution in [0.25, 0.3) is 0 Å². The third-order valence-corrected chi connectivity index (χ3v) is 11.0. The van der Waals surface area contributed by atoms with Gasteiger partial charge in [0.2, 0.25) is 0 Å². The molecule has 61 heavy (non-hydrogen) atoms. The lowest BCUT2D eigenvalue weighted by atomic mass is 9.87. The van der Waals surface area contributed by atoms with E-state index in [1.807, 2.05) is 0 Å². The predicted octanol–water partition coefficient (Wildman–Crippen LogP) is 13.1. The molecule has 34 heteroatoms. The molecule has 0 rings (SSSR count). The van der Waals surface area contributed by atoms with E-state index in [4.69, 9.17) is 0 Å². The van der Waals surface area contributed by atoms with Gasteiger partial charge < -0.3 is 13.3 Å². The van der Waals surface area contributed by atoms with Gasteiger partial charge in [-0.15, -0.1) is 0 Å². The van der Waals surface area contributed by atoms with Crippen LogP contribution in [0.15, 0.2) is 0 Å². The van der Waals surface area contributed by atoms with Crippen molar-refractivity contribution in [3.63, 3.8) is 0 Å². The van der Waals surface area contributed by atoms with Crippen molar-refractivity contribution in [2.24, 2.45) is 0 Å². The molecule has 0 saturated carbocycles. The van der Waals surface area contributed by atoms with E-state index in [0.29, 0.717) is 0 Å². The zero-order valence-corrected chi connectivity index (χ0v) is 30.7. The molecule has 0 fully saturated rings. The number of alkyl halides is 30. The second kappa shape index (κ2) is 18.8. The molecular formula is C27H28F30O3Si. The van der Waals surface area contributed by atoms with E-state index in [-0.39, 0.29) is 0 Å². The highest BCUT2D eigenvalue weighted by atomic mass is 28.4. The molecule has 0 aliphatic rings. The molecule has 0 aliphatic heterocycles. The fourth-order valence-corrected chi connectivity index (χ4v) is 6.97. The molecule has 368 valence electrons. The third-order valence-electron chi connectivity index (χ3n) is 8.27. The highest BCUT2D eigenvalue weighted by molar-refractivity contribution is 6.63. The summed E-state index contributed by atoms with van der Waals surface area (Å²) in [5.74, 6) is -64.8. The van der Waals surface area contributed by atoms with Crippen molar-refractivity contribution >= 4 is 8.80 Å². The molecule has 0 N–H and O–H groups in total. The van der Waals surface area contributed by atoms with Gasteiger partial charge in [-0.25, -0.2) is 13.2 Å². The number of hydrogen-bond donors (Lipinski definition) is 0. The van der Waals surface area contributed by atoms with Gasteiger partial charge in [0, 0.05) is 33.5 Å². The van der Waals surface area contributed by atoms with Crippen molar-refractivity contribution in [2.75, 3.05) is 14.2 Å². The van der Waals surface area contributed by atoms with Gasteiger partial charge in [0.25, 0.3) is 0 Å². The molecule has 0 spiro atoms. The van der Waals surface area contributed by atoms with Gasteiger partial charge in [-0.1, -0.05) is 0 Å². The predicted molar refractivity (Wildman–Crippen MR) is 144 cm³/mol. The first-order valence-corrected chi connectivity index (χ1v) is 17.6. The van der Waals surface area contributed by atoms with Crippen LogP contribution >= 0.6 is 0 Å². The maximum Gasteiger partial charge on any atom is 0.582 e. The maximum absolute atomic E-state index is 15.5. The van der Waals surface area contributed by atoms with Gasteiger partial charge in [-0.2, -0.15) is 119 Å². The molecule has 3 atom stereocenters. The lowest BCUT2D eigenvalue weighted by molar-refractivity contribution is -0.403. The lowest BCUT2D eigenvalue weighted by Crippen LogP contribution is -2.78. The maximum atomic E-state index is 15.5. The summed E-state index contributed by atoms with van der Waals surface area (Å²) in [7, 11) is -10.7. The minimum Gasteiger partial charge on any atom is -0.373 e. The topological polar surface area (TPSA) is 27.7 Å². The van der Waals surface area contributed by atoms with Crippen LogP contribution in [0.2, 0.25) is 0 Å². The Morgan fingerprint density at radius 2 is 0.590 bits per heavy atom. The average molecular weight is 999 g/mol. The van der Waals surface area contributed by atoms with Gasteiger partial charge in [-0.05, 0) is 38.5 Å². The smallest absolute Gasteiger partial charge is 0.373 e. The Morgan fingerprint density at radius 3 is 0.803 bits per heavy atom. The van der Waals surface area contributed by atoms with Crippen molar-refractivity contribution in [3.05, 3.63) is 0 Å². The van der Waals surface area contributed by atoms with Gasteiger partial charge in [0.05, 0.1) is 0 Å². The van der Waals surface area contributed by atoms with E-state index in [1.165, 1.54) is 0 Å². The molecule has 0 aromatic carbocycles. The zero-order chi connectivity index (χ0) is 49.3. The fraction of sp³-hybridized carbons (Fsp3) is 1.00. The van der Waals surface area contributed by atoms with Gasteiger partial charge in [-0.3, -0.25) is 0 Å². The number of rotatable bonds is 25. The van der Waals surface area contributed by atoms with Crippen molar-refractivity contribution in [2.45, 2.75) is 154 Å². The Morgan fingerprint density at radius 1 is 0.361 bits per heavy atom. The third kappa shape index (κ3) is 12.0. The fourth-order valence-electron chi connectivity index (χ4n) is 4.80. The van der Waals surface area contributed by atoms with Crippen LogP contribution in [0.4, 0.5) is 132 Å². The van der Waals surface area contributed by atoms with Crippen molar-refractivity contribution < 1.29 is 145 Å². The van der Waals surface area contributed by atoms with Crippen LogP contribution < -0.4 is 0 Å². The van der Waals surface area contributed by atoms with Gasteiger partial charge in [0.15, 0.2) is 24.6 Å². The van der Waals surface area contributed by atoms with Crippen LogP contribution in [0.5, 0.6) is 0 Å². The number of hydrogen-bond acceptors (Lipinski definition) is 3. The Kier molecular flexibility index (Phi) is 18.2. The Labute approximate surface area is 322 Å². The SMILES string of the molecule is CO[Si](OC)(OC(C(F)(F)C(F)(F)C(F)(F)C(F)CCCC(F)(F)F)C(F)(F)C(F)(F)C(F)(F)C(F)CCCC(F)(F)F)C(F)(F)C(F)(F)C(F)(F)C(F)CCCC(F)(F)F. The zero-order valence-electron chi connectivity index (χ0n) is 29.7. The van der Waals surface area contributed by atoms with Crippen molar-refractivity contribution in [3.8, 4) is 0 Å². The first-order valence-electron chi connectivity index (χ1n) is 15.9. The van der Waals surface area contributed by atoms with Crippen LogP contribution in [-0.4, -0.2) is 119 Å². The van der Waals surface area contributed by atoms with Crippen molar-refractivity contribution in [1.82, 2.24) is 0 Å². The quantitative estimate of drug-likeness (QED) is 0.0674. The van der Waals surface area contributed by atoms with E-state index in [1.54, 1.807) is 0 Å². The molecular weight excluding hydrogens is 970 g/mol. The van der Waals surface area contributed by atoms with Crippen LogP contribution in [-0.2, 0) is 13.3 Å². The molecule has 0 aromatic rings. The van der Waals surface area contributed by atoms with Crippen LogP contribution in [0.3, 0.4) is 0 Å². The summed E-state index contributed by atoms with van der Waals surface area (Å²) < 4.78 is 433. The summed E-state index contributed by atoms with van der Waals surface area (Å²) in [6.07, 6.45) is -60.7. The lowest BCUT2D eigenvalue weighted by Gasteiger charge is -2.47. The monoisotopic (exact) mass is 998 g/mol. The highest BCUT2D eigenvalue weighted by Gasteiger charge is 2.91. The summed E-state index contributed by atoms with van der Waals surface area (Å²) in [5.41, 5.74) is -7.87. The molecule has 3 nitrogen and oxygen atoms in total. The van der Waals surface area contributed by atoms with Crippen molar-refractivity contribution in [1.29, 1.82) is 0 Å². The minimum absolute atomic E-state index is 0.850. The standard InChI is InChI=1S/C27H28F30O3Si/c1-58-61(59-2,27(56,57)26(54,55)21(44,45)14(30)8-5-11-18(37,38)39)60-15(22(46,47)24(50,51)19(40,41)12(28)6-3-9-16(31,32)33)23(48,49)25(52,53)20(42,43)13(29)7-4-10-17(34,35)36/h12-15H,3-11H2,1-2H3. The molecule has 0 saturated heterocycles. The summed E-state index contributed by atoms with van der Waals surface area (Å²) in [6.45, 7) is 0. The summed E-state index contributed by atoms with van der Waals surface area (Å²) in [4.78, 5) is 0. The van der Waals surface area contributed by atoms with E-state index in [9.17, 15) is 105 Å². The number of halogens is 30. The molecule has 0 bridgehead atoms. The second-order valence-corrected chi connectivity index (χ2v) is 15.6. The highest BCUT2D eigenvalue weighted by Crippen LogP contribution is 2.61. The first-order chi connectivity index (χ1) is 26.6. The van der Waals surface area contributed by atoms with E-state index >= 15 is 26.3 Å². The largest absolute Gasteiger partial charge is 0.582 e. The van der Waals surface area contributed by atoms with E-state index < -0.39 is 177 Å². The normalized spacial score (nSPS) is 17.7. The van der Waals surface area contributed by atoms with Gasteiger partial charge >= 0.3 is 80.3 Å². The molecule has 3 unspecified atom stereocenters.